The van der Waals surface area contributed by atoms with E-state index in [1.807, 2.05) is 52.5 Å². The smallest absolute Gasteiger partial charge is 0.368 e. The van der Waals surface area contributed by atoms with Gasteiger partial charge in [0.1, 0.15) is 11.0 Å². The van der Waals surface area contributed by atoms with E-state index in [0.717, 1.165) is 27.9 Å². The maximum atomic E-state index is 13.2. The molecule has 2 amide bonds. The molecule has 3 rings (SSSR count). The average Bonchev–Trinajstić information content (AvgIpc) is 3.52. The lowest BCUT2D eigenvalue weighted by Crippen LogP contribution is -2.48. The molecule has 2 N–H and O–H groups in total. The van der Waals surface area contributed by atoms with Crippen molar-refractivity contribution in [3.8, 4) is 10.6 Å². The number of primary amides is 1. The molecule has 0 unspecified atom stereocenters. The first kappa shape index (κ1) is 27.9. The molecule has 2 heterocycles. The standard InChI is InChI=1S/C24H24F3N3O3S3/c25-24(26,27)20(31)15-34-9-4-7-19(22(28)33)30(21(32)11-16-8-10-35-13-16)12-18-14-36-23(29-18)17-5-2-1-3-6-17/h1-3,5-6,8,10,13-14,19H,4,7,9,11-12,15H2,(H2,28,33)/t19-/m0/s1. The number of hydrogen-bond acceptors (Lipinski definition) is 7. The van der Waals surface area contributed by atoms with E-state index in [4.69, 9.17) is 5.73 Å². The maximum Gasteiger partial charge on any atom is 0.450 e. The molecular formula is C24H24F3N3O3S3. The summed E-state index contributed by atoms with van der Waals surface area (Å²) in [4.78, 5) is 42.7. The van der Waals surface area contributed by atoms with E-state index in [1.54, 1.807) is 0 Å². The van der Waals surface area contributed by atoms with Crippen molar-refractivity contribution in [3.05, 3.63) is 63.8 Å². The van der Waals surface area contributed by atoms with E-state index in [2.05, 4.69) is 4.98 Å². The molecule has 0 aliphatic heterocycles. The molecule has 1 atom stereocenters. The summed E-state index contributed by atoms with van der Waals surface area (Å²) in [6.45, 7) is 0.0691. The monoisotopic (exact) mass is 555 g/mol. The number of nitrogens with two attached hydrogens (primary N) is 1. The van der Waals surface area contributed by atoms with Crippen molar-refractivity contribution < 1.29 is 27.6 Å². The fraction of sp³-hybridized carbons (Fsp3) is 0.333. The van der Waals surface area contributed by atoms with Crippen LogP contribution in [0.2, 0.25) is 0 Å². The van der Waals surface area contributed by atoms with Crippen LogP contribution < -0.4 is 5.73 Å². The highest BCUT2D eigenvalue weighted by atomic mass is 32.2. The minimum absolute atomic E-state index is 0.0691. The highest BCUT2D eigenvalue weighted by Gasteiger charge is 2.37. The number of carbonyl (C=O) groups is 3. The van der Waals surface area contributed by atoms with Crippen molar-refractivity contribution in [2.75, 3.05) is 11.5 Å². The van der Waals surface area contributed by atoms with Crippen molar-refractivity contribution in [2.45, 2.75) is 38.0 Å². The molecule has 192 valence electrons. The summed E-state index contributed by atoms with van der Waals surface area (Å²) in [6.07, 6.45) is -4.32. The fourth-order valence-electron chi connectivity index (χ4n) is 3.39. The van der Waals surface area contributed by atoms with E-state index in [0.29, 0.717) is 12.1 Å². The second-order valence-corrected chi connectivity index (χ2v) is 10.6. The first-order chi connectivity index (χ1) is 17.1. The number of Topliss-reactive ketones (excluding diaryl/α,β-unsaturated/α-hetero) is 1. The summed E-state index contributed by atoms with van der Waals surface area (Å²) >= 11 is 3.71. The van der Waals surface area contributed by atoms with Crippen LogP contribution in [0, 0.1) is 0 Å². The molecule has 0 radical (unpaired) electrons. The normalized spacial score (nSPS) is 12.3. The third-order valence-corrected chi connectivity index (χ3v) is 7.90. The number of nitrogens with zero attached hydrogens (tertiary/aromatic N) is 2. The summed E-state index contributed by atoms with van der Waals surface area (Å²) in [5, 5.41) is 6.30. The van der Waals surface area contributed by atoms with Crippen LogP contribution in [-0.2, 0) is 27.3 Å². The Morgan fingerprint density at radius 2 is 1.86 bits per heavy atom. The van der Waals surface area contributed by atoms with Gasteiger partial charge in [0.15, 0.2) is 0 Å². The van der Waals surface area contributed by atoms with E-state index < -0.39 is 29.7 Å². The zero-order chi connectivity index (χ0) is 26.1. The average molecular weight is 556 g/mol. The van der Waals surface area contributed by atoms with Gasteiger partial charge < -0.3 is 10.6 Å². The largest absolute Gasteiger partial charge is 0.450 e. The summed E-state index contributed by atoms with van der Waals surface area (Å²) in [5.41, 5.74) is 8.01. The fourth-order valence-corrected chi connectivity index (χ4v) is 5.74. The number of carbonyl (C=O) groups excluding carboxylic acids is 3. The predicted molar refractivity (Wildman–Crippen MR) is 137 cm³/mol. The van der Waals surface area contributed by atoms with Crippen LogP contribution >= 0.6 is 34.4 Å². The van der Waals surface area contributed by atoms with Gasteiger partial charge in [-0.2, -0.15) is 36.3 Å². The molecule has 0 saturated carbocycles. The molecule has 0 bridgehead atoms. The minimum Gasteiger partial charge on any atom is -0.368 e. The van der Waals surface area contributed by atoms with E-state index in [1.165, 1.54) is 27.6 Å². The molecule has 0 aliphatic carbocycles. The van der Waals surface area contributed by atoms with Crippen molar-refractivity contribution >= 4 is 52.0 Å². The molecule has 3 aromatic rings. The minimum atomic E-state index is -4.86. The predicted octanol–water partition coefficient (Wildman–Crippen LogP) is 4.94. The summed E-state index contributed by atoms with van der Waals surface area (Å²) in [7, 11) is 0. The molecular weight excluding hydrogens is 531 g/mol. The van der Waals surface area contributed by atoms with Crippen molar-refractivity contribution in [2.24, 2.45) is 5.73 Å². The number of thiophene rings is 1. The van der Waals surface area contributed by atoms with Gasteiger partial charge in [0.25, 0.3) is 0 Å². The number of aromatic nitrogens is 1. The van der Waals surface area contributed by atoms with Gasteiger partial charge in [0.2, 0.25) is 17.6 Å². The Kier molecular flexibility index (Phi) is 10.1. The Morgan fingerprint density at radius 3 is 2.50 bits per heavy atom. The quantitative estimate of drug-likeness (QED) is 0.302. The number of benzene rings is 1. The lowest BCUT2D eigenvalue weighted by Gasteiger charge is -2.29. The molecule has 2 aromatic heterocycles. The zero-order valence-electron chi connectivity index (χ0n) is 19.1. The van der Waals surface area contributed by atoms with E-state index >= 15 is 0 Å². The van der Waals surface area contributed by atoms with Gasteiger partial charge in [-0.05, 0) is 41.0 Å². The van der Waals surface area contributed by atoms with Crippen LogP contribution in [-0.4, -0.2) is 51.2 Å². The van der Waals surface area contributed by atoms with Gasteiger partial charge in [-0.1, -0.05) is 30.3 Å². The molecule has 0 fully saturated rings. The maximum absolute atomic E-state index is 13.2. The number of alkyl halides is 3. The second kappa shape index (κ2) is 13.0. The lowest BCUT2D eigenvalue weighted by molar-refractivity contribution is -0.167. The van der Waals surface area contributed by atoms with Crippen LogP contribution in [0.1, 0.15) is 24.1 Å². The number of thiazole rings is 1. The SMILES string of the molecule is NC(=O)[C@H](CCCSCC(=O)C(F)(F)F)N(Cc1csc(-c2ccccc2)n1)C(=O)Cc1ccsc1. The Balaban J connectivity index is 1.71. The number of amides is 2. The Morgan fingerprint density at radius 1 is 1.11 bits per heavy atom. The highest BCUT2D eigenvalue weighted by Crippen LogP contribution is 2.25. The highest BCUT2D eigenvalue weighted by molar-refractivity contribution is 7.99. The summed E-state index contributed by atoms with van der Waals surface area (Å²) in [5.74, 6) is -3.28. The van der Waals surface area contributed by atoms with E-state index in [9.17, 15) is 27.6 Å². The number of thioether (sulfide) groups is 1. The van der Waals surface area contributed by atoms with Crippen LogP contribution in [0.5, 0.6) is 0 Å². The molecule has 0 spiro atoms. The van der Waals surface area contributed by atoms with Crippen LogP contribution in [0.4, 0.5) is 13.2 Å². The van der Waals surface area contributed by atoms with Gasteiger partial charge >= 0.3 is 6.18 Å². The number of rotatable bonds is 13. The van der Waals surface area contributed by atoms with Gasteiger partial charge in [-0.25, -0.2) is 4.98 Å². The molecule has 6 nitrogen and oxygen atoms in total. The third kappa shape index (κ3) is 8.17. The van der Waals surface area contributed by atoms with Gasteiger partial charge in [-0.3, -0.25) is 14.4 Å². The van der Waals surface area contributed by atoms with Crippen molar-refractivity contribution in [1.82, 2.24) is 9.88 Å². The van der Waals surface area contributed by atoms with Crippen LogP contribution in [0.25, 0.3) is 10.6 Å². The number of hydrogen-bond donors (Lipinski definition) is 1. The number of halogens is 3. The van der Waals surface area contributed by atoms with Crippen LogP contribution in [0.15, 0.2) is 52.5 Å². The molecule has 0 aliphatic rings. The Bertz CT molecular complexity index is 1150. The molecule has 36 heavy (non-hydrogen) atoms. The first-order valence-corrected chi connectivity index (χ1v) is 13.9. The zero-order valence-corrected chi connectivity index (χ0v) is 21.5. The molecule has 1 aromatic carbocycles. The molecule has 0 saturated heterocycles. The van der Waals surface area contributed by atoms with Gasteiger partial charge in [-0.15, -0.1) is 11.3 Å². The van der Waals surface area contributed by atoms with Gasteiger partial charge in [0.05, 0.1) is 24.4 Å². The summed E-state index contributed by atoms with van der Waals surface area (Å²) in [6, 6.07) is 10.4. The lowest BCUT2D eigenvalue weighted by atomic mass is 10.1. The van der Waals surface area contributed by atoms with Crippen LogP contribution in [0.3, 0.4) is 0 Å². The number of ketones is 1. The van der Waals surface area contributed by atoms with E-state index in [-0.39, 0.29) is 31.0 Å². The third-order valence-electron chi connectivity index (χ3n) is 5.18. The topological polar surface area (TPSA) is 93.4 Å². The Hall–Kier alpha value is -2.70. The van der Waals surface area contributed by atoms with Crippen molar-refractivity contribution in [1.29, 1.82) is 0 Å². The summed E-state index contributed by atoms with van der Waals surface area (Å²) < 4.78 is 37.2. The first-order valence-electron chi connectivity index (χ1n) is 10.9. The Labute approximate surface area is 218 Å². The second-order valence-electron chi connectivity index (χ2n) is 7.87. The molecule has 12 heteroatoms. The van der Waals surface area contributed by atoms with Crippen molar-refractivity contribution in [3.63, 3.8) is 0 Å². The van der Waals surface area contributed by atoms with Gasteiger partial charge in [0, 0.05) is 10.9 Å².